The third-order valence-corrected chi connectivity index (χ3v) is 4.97. The average molecular weight is 287 g/mol. The van der Waals surface area contributed by atoms with Crippen LogP contribution >= 0.6 is 0 Å². The van der Waals surface area contributed by atoms with E-state index >= 15 is 0 Å². The van der Waals surface area contributed by atoms with E-state index in [1.165, 1.54) is 0 Å². The molecule has 0 spiro atoms. The van der Waals surface area contributed by atoms with Gasteiger partial charge < -0.3 is 4.74 Å². The molecular formula is C11H17N3O4S. The Kier molecular flexibility index (Phi) is 3.88. The normalized spacial score (nSPS) is 23.2. The molecule has 0 aromatic carbocycles. The number of carbonyl (C=O) groups excluding carboxylic acids is 1. The molecule has 1 N–H and O–H groups in total. The molecule has 0 saturated carbocycles. The van der Waals surface area contributed by atoms with Gasteiger partial charge in [0.1, 0.15) is 11.7 Å². The molecule has 1 saturated heterocycles. The minimum atomic E-state index is -3.06. The smallest absolute Gasteiger partial charge is 0.317 e. The summed E-state index contributed by atoms with van der Waals surface area (Å²) in [5, 5.41) is 6.65. The van der Waals surface area contributed by atoms with Crippen LogP contribution in [0, 0.1) is 12.8 Å². The quantitative estimate of drug-likeness (QED) is 0.793. The van der Waals surface area contributed by atoms with Gasteiger partial charge >= 0.3 is 5.97 Å². The van der Waals surface area contributed by atoms with Crippen molar-refractivity contribution in [1.82, 2.24) is 15.2 Å². The largest absolute Gasteiger partial charge is 0.465 e. The fourth-order valence-electron chi connectivity index (χ4n) is 2.33. The topological polar surface area (TPSA) is 102 Å². The third kappa shape index (κ3) is 3.12. The van der Waals surface area contributed by atoms with Crippen LogP contribution in [-0.4, -0.2) is 47.7 Å². The zero-order valence-corrected chi connectivity index (χ0v) is 11.7. The minimum Gasteiger partial charge on any atom is -0.465 e. The van der Waals surface area contributed by atoms with E-state index in [0.29, 0.717) is 18.1 Å². The van der Waals surface area contributed by atoms with Gasteiger partial charge in [-0.05, 0) is 26.2 Å². The van der Waals surface area contributed by atoms with Crippen LogP contribution in [0.1, 0.15) is 30.9 Å². The first-order valence-corrected chi connectivity index (χ1v) is 8.01. The third-order valence-electron chi connectivity index (χ3n) is 3.17. The molecule has 2 unspecified atom stereocenters. The Labute approximate surface area is 111 Å². The van der Waals surface area contributed by atoms with Gasteiger partial charge in [-0.25, -0.2) is 13.4 Å². The van der Waals surface area contributed by atoms with E-state index in [0.717, 1.165) is 0 Å². The van der Waals surface area contributed by atoms with E-state index in [-0.39, 0.29) is 24.0 Å². The molecule has 2 heterocycles. The highest BCUT2D eigenvalue weighted by Gasteiger charge is 2.41. The van der Waals surface area contributed by atoms with Crippen LogP contribution < -0.4 is 0 Å². The number of rotatable bonds is 4. The van der Waals surface area contributed by atoms with Crippen LogP contribution in [0.15, 0.2) is 0 Å². The van der Waals surface area contributed by atoms with Crippen molar-refractivity contribution < 1.29 is 17.9 Å². The van der Waals surface area contributed by atoms with E-state index in [9.17, 15) is 13.2 Å². The summed E-state index contributed by atoms with van der Waals surface area (Å²) in [5.41, 5.74) is 0. The number of esters is 1. The second-order valence-corrected chi connectivity index (χ2v) is 6.90. The zero-order chi connectivity index (χ0) is 14.0. The summed E-state index contributed by atoms with van der Waals surface area (Å²) < 4.78 is 28.1. The summed E-state index contributed by atoms with van der Waals surface area (Å²) in [6.45, 7) is 3.69. The Morgan fingerprint density at radius 1 is 1.58 bits per heavy atom. The Morgan fingerprint density at radius 2 is 2.32 bits per heavy atom. The van der Waals surface area contributed by atoms with Gasteiger partial charge in [0.2, 0.25) is 0 Å². The van der Waals surface area contributed by atoms with Gasteiger partial charge in [-0.1, -0.05) is 0 Å². The molecule has 1 aromatic heterocycles. The van der Waals surface area contributed by atoms with Gasteiger partial charge in [0, 0.05) is 0 Å². The molecule has 1 aromatic rings. The predicted molar refractivity (Wildman–Crippen MR) is 67.3 cm³/mol. The summed E-state index contributed by atoms with van der Waals surface area (Å²) in [5.74, 6) is -0.464. The van der Waals surface area contributed by atoms with Gasteiger partial charge in [0.25, 0.3) is 0 Å². The number of aromatic amines is 1. The van der Waals surface area contributed by atoms with Crippen molar-refractivity contribution in [2.75, 3.05) is 18.1 Å². The summed E-state index contributed by atoms with van der Waals surface area (Å²) in [6, 6.07) is 0. The highest BCUT2D eigenvalue weighted by molar-refractivity contribution is 7.91. The van der Waals surface area contributed by atoms with Crippen molar-refractivity contribution >= 4 is 15.8 Å². The fourth-order valence-corrected chi connectivity index (χ4v) is 4.17. The van der Waals surface area contributed by atoms with Crippen molar-refractivity contribution in [2.45, 2.75) is 26.2 Å². The number of aryl methyl sites for hydroxylation is 1. The van der Waals surface area contributed by atoms with Crippen molar-refractivity contribution in [3.05, 3.63) is 11.6 Å². The first kappa shape index (κ1) is 14.0. The number of carbonyl (C=O) groups is 1. The number of sulfone groups is 1. The lowest BCUT2D eigenvalue weighted by Gasteiger charge is -2.17. The Hall–Kier alpha value is -1.44. The summed E-state index contributed by atoms with van der Waals surface area (Å²) in [6.07, 6.45) is 0.444. The lowest BCUT2D eigenvalue weighted by Crippen LogP contribution is -2.26. The van der Waals surface area contributed by atoms with Crippen LogP contribution in [0.4, 0.5) is 0 Å². The van der Waals surface area contributed by atoms with Crippen molar-refractivity contribution in [3.8, 4) is 0 Å². The Morgan fingerprint density at radius 3 is 2.79 bits per heavy atom. The maximum absolute atomic E-state index is 12.0. The molecule has 1 fully saturated rings. The van der Waals surface area contributed by atoms with Crippen LogP contribution in [0.3, 0.4) is 0 Å². The molecule has 106 valence electrons. The van der Waals surface area contributed by atoms with Crippen LogP contribution in [0.2, 0.25) is 0 Å². The molecule has 8 heteroatoms. The minimum absolute atomic E-state index is 0.00985. The predicted octanol–water partition coefficient (Wildman–Crippen LogP) is 0.195. The fraction of sp³-hybridized carbons (Fsp3) is 0.727. The van der Waals surface area contributed by atoms with Gasteiger partial charge in [-0.2, -0.15) is 5.10 Å². The highest BCUT2D eigenvalue weighted by atomic mass is 32.2. The average Bonchev–Trinajstić information content (AvgIpc) is 2.87. The van der Waals surface area contributed by atoms with E-state index in [1.54, 1.807) is 13.8 Å². The van der Waals surface area contributed by atoms with Gasteiger partial charge in [0.05, 0.1) is 18.1 Å². The van der Waals surface area contributed by atoms with Crippen LogP contribution in [-0.2, 0) is 19.4 Å². The molecule has 0 aliphatic carbocycles. The van der Waals surface area contributed by atoms with Crippen LogP contribution in [0.25, 0.3) is 0 Å². The second kappa shape index (κ2) is 5.28. The molecular weight excluding hydrogens is 270 g/mol. The maximum atomic E-state index is 12.0. The molecule has 2 atom stereocenters. The number of H-pyrrole nitrogens is 1. The molecule has 1 aliphatic heterocycles. The van der Waals surface area contributed by atoms with Gasteiger partial charge in [-0.15, -0.1) is 0 Å². The first-order valence-electron chi connectivity index (χ1n) is 6.19. The Bertz CT molecular complexity index is 566. The number of nitrogens with zero attached hydrogens (tertiary/aromatic N) is 2. The second-order valence-electron chi connectivity index (χ2n) is 4.67. The zero-order valence-electron chi connectivity index (χ0n) is 10.9. The SMILES string of the molecule is CCOC(=O)C(c1n[nH]c(C)n1)C1CCS(=O)(=O)C1. The molecule has 0 radical (unpaired) electrons. The van der Waals surface area contributed by atoms with Crippen LogP contribution in [0.5, 0.6) is 0 Å². The van der Waals surface area contributed by atoms with Crippen molar-refractivity contribution in [2.24, 2.45) is 5.92 Å². The van der Waals surface area contributed by atoms with Gasteiger partial charge in [0.15, 0.2) is 15.7 Å². The number of ether oxygens (including phenoxy) is 1. The number of aromatic nitrogens is 3. The molecule has 7 nitrogen and oxygen atoms in total. The van der Waals surface area contributed by atoms with E-state index in [2.05, 4.69) is 15.2 Å². The maximum Gasteiger partial charge on any atom is 0.317 e. The summed E-state index contributed by atoms with van der Waals surface area (Å²) >= 11 is 0. The highest BCUT2D eigenvalue weighted by Crippen LogP contribution is 2.32. The van der Waals surface area contributed by atoms with Gasteiger partial charge in [-0.3, -0.25) is 9.89 Å². The number of nitrogens with one attached hydrogen (secondary N) is 1. The lowest BCUT2D eigenvalue weighted by atomic mass is 9.91. The molecule has 19 heavy (non-hydrogen) atoms. The van der Waals surface area contributed by atoms with Crippen molar-refractivity contribution in [3.63, 3.8) is 0 Å². The number of hydrogen-bond acceptors (Lipinski definition) is 6. The van der Waals surface area contributed by atoms with Crippen molar-refractivity contribution in [1.29, 1.82) is 0 Å². The molecule has 2 rings (SSSR count). The Balaban J connectivity index is 2.27. The van der Waals surface area contributed by atoms with E-state index in [1.807, 2.05) is 0 Å². The monoisotopic (exact) mass is 287 g/mol. The number of hydrogen-bond donors (Lipinski definition) is 1. The lowest BCUT2D eigenvalue weighted by molar-refractivity contribution is -0.146. The molecule has 0 amide bonds. The van der Waals surface area contributed by atoms with E-state index in [4.69, 9.17) is 4.74 Å². The van der Waals surface area contributed by atoms with E-state index < -0.39 is 21.7 Å². The standard InChI is InChI=1S/C11H17N3O4S/c1-3-18-11(15)9(10-12-7(2)13-14-10)8-4-5-19(16,17)6-8/h8-9H,3-6H2,1-2H3,(H,12,13,14). The summed E-state index contributed by atoms with van der Waals surface area (Å²) in [4.78, 5) is 16.2. The molecule has 1 aliphatic rings. The summed E-state index contributed by atoms with van der Waals surface area (Å²) in [7, 11) is -3.06. The first-order chi connectivity index (χ1) is 8.93. The molecule has 0 bridgehead atoms.